The molecule has 0 spiro atoms. The van der Waals surface area contributed by atoms with E-state index in [0.29, 0.717) is 0 Å². The molecule has 104 valence electrons. The second-order valence-electron chi connectivity index (χ2n) is 3.97. The molecule has 0 bridgehead atoms. The van der Waals surface area contributed by atoms with E-state index in [2.05, 4.69) is 5.32 Å². The smallest absolute Gasteiger partial charge is 0.318 e. The molecule has 0 fully saturated rings. The number of nitrogens with one attached hydrogen (secondary N) is 1. The first-order chi connectivity index (χ1) is 8.93. The molecule has 0 aliphatic rings. The molecule has 0 aliphatic heterocycles. The van der Waals surface area contributed by atoms with Crippen molar-refractivity contribution < 1.29 is 23.1 Å². The van der Waals surface area contributed by atoms with Gasteiger partial charge >= 0.3 is 5.97 Å². The van der Waals surface area contributed by atoms with Crippen LogP contribution in [0.4, 0.5) is 8.78 Å². The molecule has 4 nitrogen and oxygen atoms in total. The van der Waals surface area contributed by atoms with Gasteiger partial charge in [-0.1, -0.05) is 0 Å². The molecule has 6 heteroatoms. The molecule has 0 aromatic heterocycles. The Balaban J connectivity index is 2.56. The highest BCUT2D eigenvalue weighted by molar-refractivity contribution is 5.97. The number of halogens is 2. The zero-order valence-electron chi connectivity index (χ0n) is 10.7. The fourth-order valence-electron chi connectivity index (χ4n) is 1.43. The highest BCUT2D eigenvalue weighted by Crippen LogP contribution is 2.08. The average molecular weight is 271 g/mol. The van der Waals surface area contributed by atoms with E-state index in [0.717, 1.165) is 18.2 Å². The van der Waals surface area contributed by atoms with E-state index in [1.165, 1.54) is 6.92 Å². The third kappa shape index (κ3) is 4.65. The summed E-state index contributed by atoms with van der Waals surface area (Å²) in [5.74, 6) is -3.59. The van der Waals surface area contributed by atoms with Gasteiger partial charge in [0.05, 0.1) is 6.61 Å². The maximum atomic E-state index is 12.9. The number of benzene rings is 1. The molecular weight excluding hydrogens is 256 g/mol. The van der Waals surface area contributed by atoms with Crippen LogP contribution in [0.15, 0.2) is 18.2 Å². The normalized spacial score (nSPS) is 11.8. The first-order valence-corrected chi connectivity index (χ1v) is 5.83. The summed E-state index contributed by atoms with van der Waals surface area (Å²) < 4.78 is 30.5. The van der Waals surface area contributed by atoms with Gasteiger partial charge in [-0.3, -0.25) is 9.59 Å². The van der Waals surface area contributed by atoms with Gasteiger partial charge in [0.2, 0.25) is 5.91 Å². The van der Waals surface area contributed by atoms with E-state index < -0.39 is 29.4 Å². The lowest BCUT2D eigenvalue weighted by Gasteiger charge is -2.11. The van der Waals surface area contributed by atoms with Gasteiger partial charge in [-0.15, -0.1) is 0 Å². The number of carbonyl (C=O) groups is 2. The molecular formula is C13H15F2NO3. The van der Waals surface area contributed by atoms with Crippen LogP contribution < -0.4 is 5.32 Å². The van der Waals surface area contributed by atoms with Crippen LogP contribution in [0.1, 0.15) is 19.4 Å². The molecule has 1 unspecified atom stereocenters. The van der Waals surface area contributed by atoms with Gasteiger partial charge in [0, 0.05) is 12.6 Å². The monoisotopic (exact) mass is 271 g/mol. The molecule has 1 amide bonds. The lowest BCUT2D eigenvalue weighted by Crippen LogP contribution is -2.34. The fourth-order valence-corrected chi connectivity index (χ4v) is 1.43. The predicted octanol–water partition coefficient (Wildman–Crippen LogP) is 1.78. The first kappa shape index (κ1) is 15.1. The summed E-state index contributed by atoms with van der Waals surface area (Å²) in [6.45, 7) is 3.17. The van der Waals surface area contributed by atoms with Crippen molar-refractivity contribution in [1.82, 2.24) is 5.32 Å². The number of hydrogen-bond acceptors (Lipinski definition) is 3. The van der Waals surface area contributed by atoms with Crippen LogP contribution in [0.3, 0.4) is 0 Å². The molecule has 1 rings (SSSR count). The highest BCUT2D eigenvalue weighted by Gasteiger charge is 2.22. The molecule has 1 atom stereocenters. The van der Waals surface area contributed by atoms with Crippen LogP contribution in [0, 0.1) is 17.6 Å². The summed E-state index contributed by atoms with van der Waals surface area (Å²) in [7, 11) is 0. The van der Waals surface area contributed by atoms with Crippen molar-refractivity contribution in [2.75, 3.05) is 6.61 Å². The third-order valence-corrected chi connectivity index (χ3v) is 2.42. The lowest BCUT2D eigenvalue weighted by atomic mass is 10.1. The summed E-state index contributed by atoms with van der Waals surface area (Å²) in [6, 6.07) is 2.96. The van der Waals surface area contributed by atoms with Crippen molar-refractivity contribution in [2.24, 2.45) is 5.92 Å². The van der Waals surface area contributed by atoms with E-state index in [9.17, 15) is 18.4 Å². The quantitative estimate of drug-likeness (QED) is 0.656. The van der Waals surface area contributed by atoms with Gasteiger partial charge in [-0.25, -0.2) is 8.78 Å². The maximum Gasteiger partial charge on any atom is 0.318 e. The number of amides is 1. The van der Waals surface area contributed by atoms with Crippen LogP contribution in [-0.4, -0.2) is 18.5 Å². The van der Waals surface area contributed by atoms with Crippen molar-refractivity contribution in [3.8, 4) is 0 Å². The molecule has 0 saturated heterocycles. The standard InChI is InChI=1S/C13H15F2NO3/c1-3-19-13(18)8(2)12(17)16-7-9-4-10(14)6-11(15)5-9/h4-6,8H,3,7H2,1-2H3,(H,16,17). The van der Waals surface area contributed by atoms with E-state index >= 15 is 0 Å². The van der Waals surface area contributed by atoms with E-state index in [-0.39, 0.29) is 18.7 Å². The molecule has 0 saturated carbocycles. The molecule has 1 N–H and O–H groups in total. The van der Waals surface area contributed by atoms with E-state index in [1.54, 1.807) is 6.92 Å². The van der Waals surface area contributed by atoms with Crippen molar-refractivity contribution in [2.45, 2.75) is 20.4 Å². The Morgan fingerprint density at radius 1 is 1.26 bits per heavy atom. The fraction of sp³-hybridized carbons (Fsp3) is 0.385. The van der Waals surface area contributed by atoms with Gasteiger partial charge in [-0.05, 0) is 31.5 Å². The van der Waals surface area contributed by atoms with Crippen LogP contribution in [0.25, 0.3) is 0 Å². The topological polar surface area (TPSA) is 55.4 Å². The van der Waals surface area contributed by atoms with E-state index in [1.807, 2.05) is 0 Å². The van der Waals surface area contributed by atoms with Crippen molar-refractivity contribution >= 4 is 11.9 Å². The van der Waals surface area contributed by atoms with Crippen molar-refractivity contribution in [3.05, 3.63) is 35.4 Å². The van der Waals surface area contributed by atoms with Gasteiger partial charge in [0.1, 0.15) is 17.6 Å². The minimum atomic E-state index is -0.960. The summed E-state index contributed by atoms with van der Waals surface area (Å²) in [4.78, 5) is 22.9. The second-order valence-corrected chi connectivity index (χ2v) is 3.97. The van der Waals surface area contributed by atoms with Gasteiger partial charge in [0.15, 0.2) is 0 Å². The number of rotatable bonds is 5. The number of carbonyl (C=O) groups excluding carboxylic acids is 2. The van der Waals surface area contributed by atoms with Gasteiger partial charge < -0.3 is 10.1 Å². The van der Waals surface area contributed by atoms with E-state index in [4.69, 9.17) is 4.74 Å². The number of esters is 1. The Kier molecular flexibility index (Phi) is 5.41. The minimum Gasteiger partial charge on any atom is -0.465 e. The maximum absolute atomic E-state index is 12.9. The average Bonchev–Trinajstić information content (AvgIpc) is 2.34. The Morgan fingerprint density at radius 3 is 2.37 bits per heavy atom. The van der Waals surface area contributed by atoms with Crippen LogP contribution in [0.5, 0.6) is 0 Å². The summed E-state index contributed by atoms with van der Waals surface area (Å²) in [5.41, 5.74) is 0.280. The molecule has 0 heterocycles. The molecule has 1 aromatic carbocycles. The summed E-state index contributed by atoms with van der Waals surface area (Å²) in [5, 5.41) is 2.42. The SMILES string of the molecule is CCOC(=O)C(C)C(=O)NCc1cc(F)cc(F)c1. The molecule has 0 aliphatic carbocycles. The Bertz CT molecular complexity index is 457. The largest absolute Gasteiger partial charge is 0.465 e. The van der Waals surface area contributed by atoms with Crippen molar-refractivity contribution in [3.63, 3.8) is 0 Å². The zero-order valence-corrected chi connectivity index (χ0v) is 10.7. The predicted molar refractivity (Wildman–Crippen MR) is 64.0 cm³/mol. The summed E-state index contributed by atoms with van der Waals surface area (Å²) >= 11 is 0. The Hall–Kier alpha value is -1.98. The first-order valence-electron chi connectivity index (χ1n) is 5.83. The molecule has 1 aromatic rings. The Labute approximate surface area is 109 Å². The molecule has 0 radical (unpaired) electrons. The minimum absolute atomic E-state index is 0.0583. The van der Waals surface area contributed by atoms with Crippen LogP contribution >= 0.6 is 0 Å². The van der Waals surface area contributed by atoms with Gasteiger partial charge in [-0.2, -0.15) is 0 Å². The zero-order chi connectivity index (χ0) is 14.4. The highest BCUT2D eigenvalue weighted by atomic mass is 19.1. The number of hydrogen-bond donors (Lipinski definition) is 1. The number of ether oxygens (including phenoxy) is 1. The third-order valence-electron chi connectivity index (χ3n) is 2.42. The molecule has 19 heavy (non-hydrogen) atoms. The van der Waals surface area contributed by atoms with Crippen LogP contribution in [0.2, 0.25) is 0 Å². The summed E-state index contributed by atoms with van der Waals surface area (Å²) in [6.07, 6.45) is 0. The van der Waals surface area contributed by atoms with Crippen molar-refractivity contribution in [1.29, 1.82) is 0 Å². The van der Waals surface area contributed by atoms with Crippen LogP contribution in [-0.2, 0) is 20.9 Å². The Morgan fingerprint density at radius 2 is 1.84 bits per heavy atom. The second kappa shape index (κ2) is 6.82. The van der Waals surface area contributed by atoms with Gasteiger partial charge in [0.25, 0.3) is 0 Å². The lowest BCUT2D eigenvalue weighted by molar-refractivity contribution is -0.151.